The van der Waals surface area contributed by atoms with Crippen molar-refractivity contribution in [3.8, 4) is 5.75 Å². The van der Waals surface area contributed by atoms with Gasteiger partial charge in [-0.3, -0.25) is 4.79 Å². The number of halogens is 1. The van der Waals surface area contributed by atoms with Crippen molar-refractivity contribution in [2.75, 3.05) is 0 Å². The Kier molecular flexibility index (Phi) is 4.90. The van der Waals surface area contributed by atoms with Crippen LogP contribution in [0.15, 0.2) is 51.6 Å². The predicted octanol–water partition coefficient (Wildman–Crippen LogP) is 2.40. The van der Waals surface area contributed by atoms with Crippen LogP contribution in [0.2, 0.25) is 0 Å². The fourth-order valence-electron chi connectivity index (χ4n) is 2.70. The molecule has 0 saturated heterocycles. The minimum absolute atomic E-state index is 0.0203. The number of allylic oxidation sites excluding steroid dienone is 1. The number of carbonyl (C=O) groups is 1. The van der Waals surface area contributed by atoms with E-state index in [9.17, 15) is 9.59 Å². The Hall–Kier alpha value is -2.60. The maximum atomic E-state index is 12.3. The molecule has 25 heavy (non-hydrogen) atoms. The molecular formula is C19H16BrNO4. The summed E-state index contributed by atoms with van der Waals surface area (Å²) in [5.74, 6) is -0.544. The highest BCUT2D eigenvalue weighted by Gasteiger charge is 2.16. The van der Waals surface area contributed by atoms with E-state index in [1.807, 2.05) is 37.3 Å². The second-order valence-corrected chi connectivity index (χ2v) is 6.60. The van der Waals surface area contributed by atoms with E-state index in [-0.39, 0.29) is 11.5 Å². The van der Waals surface area contributed by atoms with Gasteiger partial charge in [-0.2, -0.15) is 0 Å². The minimum atomic E-state index is -1.23. The van der Waals surface area contributed by atoms with E-state index in [0.717, 1.165) is 16.5 Å². The zero-order chi connectivity index (χ0) is 18.0. The van der Waals surface area contributed by atoms with E-state index in [2.05, 4.69) is 20.9 Å². The molecule has 1 unspecified atom stereocenters. The van der Waals surface area contributed by atoms with Crippen LogP contribution in [0.4, 0.5) is 0 Å². The Morgan fingerprint density at radius 1 is 1.36 bits per heavy atom. The SMILES string of the molecule is CCC1C=c2c([nH]cc(C(=O)O)c2=O)=CC1=COc1ccc(Br)cc1. The van der Waals surface area contributed by atoms with Crippen LogP contribution >= 0.6 is 15.9 Å². The molecule has 3 rings (SSSR count). The molecule has 0 amide bonds. The van der Waals surface area contributed by atoms with E-state index in [1.165, 1.54) is 6.20 Å². The number of nitrogens with one attached hydrogen (secondary N) is 1. The van der Waals surface area contributed by atoms with Crippen LogP contribution in [0.25, 0.3) is 12.2 Å². The molecule has 1 atom stereocenters. The fraction of sp³-hybridized carbons (Fsp3) is 0.158. The molecule has 128 valence electrons. The van der Waals surface area contributed by atoms with Gasteiger partial charge in [0.15, 0.2) is 0 Å². The van der Waals surface area contributed by atoms with Crippen LogP contribution < -0.4 is 20.7 Å². The van der Waals surface area contributed by atoms with Crippen LogP contribution in [0, 0.1) is 5.92 Å². The summed E-state index contributed by atoms with van der Waals surface area (Å²) in [6.07, 6.45) is 7.29. The second-order valence-electron chi connectivity index (χ2n) is 5.68. The maximum Gasteiger partial charge on any atom is 0.341 e. The van der Waals surface area contributed by atoms with Gasteiger partial charge in [-0.1, -0.05) is 28.9 Å². The quantitative estimate of drug-likeness (QED) is 0.770. The summed E-state index contributed by atoms with van der Waals surface area (Å²) in [5, 5.41) is 10.1. The first-order valence-corrected chi connectivity index (χ1v) is 8.59. The van der Waals surface area contributed by atoms with E-state index in [1.54, 1.807) is 12.3 Å². The number of aromatic nitrogens is 1. The first kappa shape index (κ1) is 17.2. The Bertz CT molecular complexity index is 1020. The highest BCUT2D eigenvalue weighted by Crippen LogP contribution is 2.22. The van der Waals surface area contributed by atoms with Crippen molar-refractivity contribution < 1.29 is 14.6 Å². The summed E-state index contributed by atoms with van der Waals surface area (Å²) in [5.41, 5.74) is 0.192. The topological polar surface area (TPSA) is 79.4 Å². The molecule has 1 heterocycles. The van der Waals surface area contributed by atoms with Gasteiger partial charge in [0.05, 0.1) is 6.26 Å². The molecule has 0 bridgehead atoms. The van der Waals surface area contributed by atoms with Crippen LogP contribution in [0.3, 0.4) is 0 Å². The number of benzene rings is 1. The van der Waals surface area contributed by atoms with Crippen LogP contribution in [0.1, 0.15) is 23.7 Å². The lowest BCUT2D eigenvalue weighted by Crippen LogP contribution is -2.46. The number of hydrogen-bond acceptors (Lipinski definition) is 3. The molecule has 0 radical (unpaired) electrons. The molecule has 1 aliphatic carbocycles. The van der Waals surface area contributed by atoms with Gasteiger partial charge in [-0.05, 0) is 42.3 Å². The average Bonchev–Trinajstić information content (AvgIpc) is 2.60. The molecule has 0 saturated carbocycles. The molecule has 2 aromatic rings. The van der Waals surface area contributed by atoms with Crippen LogP contribution in [0.5, 0.6) is 5.75 Å². The molecule has 1 aromatic carbocycles. The van der Waals surface area contributed by atoms with Gasteiger partial charge in [0.25, 0.3) is 0 Å². The molecule has 2 N–H and O–H groups in total. The average molecular weight is 402 g/mol. The lowest BCUT2D eigenvalue weighted by atomic mass is 9.91. The number of carboxylic acid groups (broad SMARTS) is 1. The van der Waals surface area contributed by atoms with E-state index in [4.69, 9.17) is 9.84 Å². The largest absolute Gasteiger partial charge is 0.477 e. The zero-order valence-electron chi connectivity index (χ0n) is 13.5. The maximum absolute atomic E-state index is 12.3. The third-order valence-electron chi connectivity index (χ3n) is 4.07. The summed E-state index contributed by atoms with van der Waals surface area (Å²) in [6, 6.07) is 7.48. The number of aromatic amines is 1. The molecule has 1 aromatic heterocycles. The fourth-order valence-corrected chi connectivity index (χ4v) is 2.96. The standard InChI is InChI=1S/C19H16BrNO4/c1-2-11-7-15-17(21-9-16(18(15)22)19(23)24)8-12(11)10-25-14-5-3-13(20)4-6-14/h3-11,21H,2H2,1H3,(H,23,24). The Labute approximate surface area is 152 Å². The highest BCUT2D eigenvalue weighted by atomic mass is 79.9. The predicted molar refractivity (Wildman–Crippen MR) is 98.8 cm³/mol. The summed E-state index contributed by atoms with van der Waals surface area (Å²) < 4.78 is 6.69. The Morgan fingerprint density at radius 2 is 2.08 bits per heavy atom. The van der Waals surface area contributed by atoms with Gasteiger partial charge >= 0.3 is 5.97 Å². The van der Waals surface area contributed by atoms with Crippen molar-refractivity contribution in [2.45, 2.75) is 13.3 Å². The Morgan fingerprint density at radius 3 is 2.72 bits per heavy atom. The molecule has 0 spiro atoms. The normalized spacial score (nSPS) is 17.4. The first-order chi connectivity index (χ1) is 12.0. The van der Waals surface area contributed by atoms with Gasteiger partial charge in [-0.25, -0.2) is 4.79 Å². The van der Waals surface area contributed by atoms with Crippen molar-refractivity contribution in [3.05, 3.63) is 73.1 Å². The lowest BCUT2D eigenvalue weighted by Gasteiger charge is -2.16. The monoisotopic (exact) mass is 401 g/mol. The number of fused-ring (bicyclic) bond motifs is 1. The summed E-state index contributed by atoms with van der Waals surface area (Å²) in [7, 11) is 0. The van der Waals surface area contributed by atoms with Gasteiger partial charge < -0.3 is 14.8 Å². The third-order valence-corrected chi connectivity index (χ3v) is 4.60. The number of rotatable bonds is 4. The number of ether oxygens (including phenoxy) is 1. The summed E-state index contributed by atoms with van der Waals surface area (Å²) in [4.78, 5) is 26.3. The first-order valence-electron chi connectivity index (χ1n) is 7.80. The second kappa shape index (κ2) is 7.11. The van der Waals surface area contributed by atoms with Crippen molar-refractivity contribution in [1.29, 1.82) is 0 Å². The molecular weight excluding hydrogens is 386 g/mol. The van der Waals surface area contributed by atoms with Gasteiger partial charge in [0, 0.05) is 27.2 Å². The lowest BCUT2D eigenvalue weighted by molar-refractivity contribution is 0.0695. The number of aromatic carboxylic acids is 1. The minimum Gasteiger partial charge on any atom is -0.477 e. The van der Waals surface area contributed by atoms with Crippen molar-refractivity contribution in [3.63, 3.8) is 0 Å². The summed E-state index contributed by atoms with van der Waals surface area (Å²) >= 11 is 3.38. The third kappa shape index (κ3) is 3.58. The molecule has 6 heteroatoms. The molecule has 0 aliphatic heterocycles. The number of H-pyrrole nitrogens is 1. The van der Waals surface area contributed by atoms with Gasteiger partial charge in [0.1, 0.15) is 11.3 Å². The number of pyridine rings is 1. The number of hydrogen-bond donors (Lipinski definition) is 2. The van der Waals surface area contributed by atoms with E-state index in [0.29, 0.717) is 16.3 Å². The van der Waals surface area contributed by atoms with Crippen LogP contribution in [-0.4, -0.2) is 16.1 Å². The highest BCUT2D eigenvalue weighted by molar-refractivity contribution is 9.10. The zero-order valence-corrected chi connectivity index (χ0v) is 15.0. The van der Waals surface area contributed by atoms with Gasteiger partial charge in [0.2, 0.25) is 5.43 Å². The number of carboxylic acids is 1. The van der Waals surface area contributed by atoms with E-state index >= 15 is 0 Å². The molecule has 1 aliphatic rings. The van der Waals surface area contributed by atoms with Gasteiger partial charge in [-0.15, -0.1) is 0 Å². The molecule has 0 fully saturated rings. The van der Waals surface area contributed by atoms with Crippen molar-refractivity contribution >= 4 is 34.1 Å². The van der Waals surface area contributed by atoms with E-state index < -0.39 is 11.4 Å². The summed E-state index contributed by atoms with van der Waals surface area (Å²) in [6.45, 7) is 2.00. The smallest absolute Gasteiger partial charge is 0.341 e. The Balaban J connectivity index is 2.02. The van der Waals surface area contributed by atoms with Crippen molar-refractivity contribution in [1.82, 2.24) is 4.98 Å². The molecule has 5 nitrogen and oxygen atoms in total. The van der Waals surface area contributed by atoms with Crippen molar-refractivity contribution in [2.24, 2.45) is 5.92 Å². The van der Waals surface area contributed by atoms with Crippen LogP contribution in [-0.2, 0) is 0 Å².